The summed E-state index contributed by atoms with van der Waals surface area (Å²) in [6, 6.07) is 8.19. The van der Waals surface area contributed by atoms with Crippen LogP contribution in [0.25, 0.3) is 0 Å². The molecule has 2 nitrogen and oxygen atoms in total. The summed E-state index contributed by atoms with van der Waals surface area (Å²) in [5.74, 6) is 2.74. The van der Waals surface area contributed by atoms with Crippen molar-refractivity contribution in [3.05, 3.63) is 29.8 Å². The second-order valence-electron chi connectivity index (χ2n) is 7.48. The van der Waals surface area contributed by atoms with E-state index in [4.69, 9.17) is 0 Å². The molecule has 1 amide bonds. The van der Waals surface area contributed by atoms with Crippen LogP contribution < -0.4 is 5.32 Å². The number of carbonyl (C=O) groups excluding carboxylic acids is 1. The monoisotopic (exact) mass is 347 g/mol. The molecule has 0 atom stereocenters. The van der Waals surface area contributed by atoms with Crippen molar-refractivity contribution in [1.82, 2.24) is 0 Å². The van der Waals surface area contributed by atoms with Gasteiger partial charge in [0.25, 0.3) is 0 Å². The van der Waals surface area contributed by atoms with Crippen molar-refractivity contribution in [2.24, 2.45) is 23.2 Å². The number of benzene rings is 1. The van der Waals surface area contributed by atoms with Crippen LogP contribution in [0.1, 0.15) is 44.1 Å². The van der Waals surface area contributed by atoms with E-state index in [1.165, 1.54) is 24.8 Å². The summed E-state index contributed by atoms with van der Waals surface area (Å²) >= 11 is 3.45. The van der Waals surface area contributed by atoms with Crippen LogP contribution in [0, 0.1) is 23.2 Å². The van der Waals surface area contributed by atoms with Gasteiger partial charge in [-0.1, -0.05) is 28.1 Å². The molecule has 0 aliphatic heterocycles. The van der Waals surface area contributed by atoms with Gasteiger partial charge in [-0.15, -0.1) is 0 Å². The molecular formula is C18H22BrNO. The second-order valence-corrected chi connectivity index (χ2v) is 8.04. The van der Waals surface area contributed by atoms with Crippen LogP contribution in [0.4, 0.5) is 5.69 Å². The van der Waals surface area contributed by atoms with Gasteiger partial charge in [-0.3, -0.25) is 4.79 Å². The minimum Gasteiger partial charge on any atom is -0.326 e. The van der Waals surface area contributed by atoms with Gasteiger partial charge in [0.15, 0.2) is 0 Å². The first-order chi connectivity index (χ1) is 10.2. The Bertz CT molecular complexity index is 516. The van der Waals surface area contributed by atoms with E-state index in [0.717, 1.165) is 48.0 Å². The molecule has 112 valence electrons. The summed E-state index contributed by atoms with van der Waals surface area (Å²) in [5.41, 5.74) is 2.13. The first-order valence-electron chi connectivity index (χ1n) is 8.13. The molecule has 4 fully saturated rings. The highest BCUT2D eigenvalue weighted by Gasteiger charge is 2.54. The lowest BCUT2D eigenvalue weighted by Gasteiger charge is -2.55. The van der Waals surface area contributed by atoms with Crippen LogP contribution in [-0.4, -0.2) is 5.91 Å². The van der Waals surface area contributed by atoms with E-state index in [1.54, 1.807) is 0 Å². The predicted octanol–water partition coefficient (Wildman–Crippen LogP) is 4.74. The summed E-state index contributed by atoms with van der Waals surface area (Å²) in [4.78, 5) is 12.9. The normalized spacial score (nSPS) is 36.7. The number of alkyl halides is 1. The minimum atomic E-state index is -0.0527. The van der Waals surface area contributed by atoms with Crippen LogP contribution in [0.15, 0.2) is 24.3 Å². The first-order valence-corrected chi connectivity index (χ1v) is 9.25. The fourth-order valence-corrected chi connectivity index (χ4v) is 5.70. The molecule has 5 rings (SSSR count). The number of amides is 1. The molecule has 1 aromatic carbocycles. The molecule has 4 bridgehead atoms. The number of halogens is 1. The maximum Gasteiger partial charge on any atom is 0.230 e. The SMILES string of the molecule is O=C(Nc1ccc(CBr)cc1)C12CC3CC(CC(C3)C1)C2. The molecule has 1 N–H and O–H groups in total. The smallest absolute Gasteiger partial charge is 0.230 e. The van der Waals surface area contributed by atoms with E-state index in [0.29, 0.717) is 0 Å². The Morgan fingerprint density at radius 2 is 1.57 bits per heavy atom. The zero-order chi connectivity index (χ0) is 14.4. The summed E-state index contributed by atoms with van der Waals surface area (Å²) in [6.45, 7) is 0. The lowest BCUT2D eigenvalue weighted by atomic mass is 9.49. The third-order valence-corrected chi connectivity index (χ3v) is 6.53. The molecule has 4 aliphatic rings. The van der Waals surface area contributed by atoms with Gasteiger partial charge in [0, 0.05) is 11.0 Å². The van der Waals surface area contributed by atoms with E-state index in [2.05, 4.69) is 33.4 Å². The predicted molar refractivity (Wildman–Crippen MR) is 88.3 cm³/mol. The number of rotatable bonds is 3. The summed E-state index contributed by atoms with van der Waals surface area (Å²) in [7, 11) is 0. The average molecular weight is 348 g/mol. The van der Waals surface area contributed by atoms with Crippen LogP contribution in [0.2, 0.25) is 0 Å². The molecule has 4 saturated carbocycles. The molecule has 0 saturated heterocycles. The van der Waals surface area contributed by atoms with Gasteiger partial charge in [-0.05, 0) is 74.0 Å². The zero-order valence-electron chi connectivity index (χ0n) is 12.3. The topological polar surface area (TPSA) is 29.1 Å². The van der Waals surface area contributed by atoms with E-state index in [-0.39, 0.29) is 11.3 Å². The quantitative estimate of drug-likeness (QED) is 0.786. The number of carbonyl (C=O) groups is 1. The molecule has 21 heavy (non-hydrogen) atoms. The molecule has 0 unspecified atom stereocenters. The highest BCUT2D eigenvalue weighted by Crippen LogP contribution is 2.60. The third-order valence-electron chi connectivity index (χ3n) is 5.89. The Balaban J connectivity index is 1.51. The minimum absolute atomic E-state index is 0.0527. The first kappa shape index (κ1) is 13.8. The molecule has 0 aromatic heterocycles. The maximum atomic E-state index is 12.9. The van der Waals surface area contributed by atoms with Gasteiger partial charge in [0.05, 0.1) is 5.41 Å². The molecule has 0 heterocycles. The van der Waals surface area contributed by atoms with E-state index >= 15 is 0 Å². The fraction of sp³-hybridized carbons (Fsp3) is 0.611. The second kappa shape index (κ2) is 5.12. The van der Waals surface area contributed by atoms with Crippen LogP contribution in [0.5, 0.6) is 0 Å². The largest absolute Gasteiger partial charge is 0.326 e. The molecule has 3 heteroatoms. The van der Waals surface area contributed by atoms with Gasteiger partial charge in [-0.2, -0.15) is 0 Å². The lowest BCUT2D eigenvalue weighted by molar-refractivity contribution is -0.140. The molecular weight excluding hydrogens is 326 g/mol. The van der Waals surface area contributed by atoms with Gasteiger partial charge >= 0.3 is 0 Å². The molecule has 1 aromatic rings. The number of nitrogens with one attached hydrogen (secondary N) is 1. The highest BCUT2D eigenvalue weighted by atomic mass is 79.9. The van der Waals surface area contributed by atoms with Crippen LogP contribution >= 0.6 is 15.9 Å². The van der Waals surface area contributed by atoms with Crippen molar-refractivity contribution < 1.29 is 4.79 Å². The Morgan fingerprint density at radius 3 is 2.05 bits per heavy atom. The van der Waals surface area contributed by atoms with Crippen molar-refractivity contribution in [3.63, 3.8) is 0 Å². The Labute approximate surface area is 134 Å². The molecule has 0 spiro atoms. The van der Waals surface area contributed by atoms with E-state index in [1.807, 2.05) is 12.1 Å². The number of hydrogen-bond donors (Lipinski definition) is 1. The van der Waals surface area contributed by atoms with E-state index < -0.39 is 0 Å². The van der Waals surface area contributed by atoms with Crippen molar-refractivity contribution in [2.45, 2.75) is 43.9 Å². The van der Waals surface area contributed by atoms with Gasteiger partial charge in [0.1, 0.15) is 0 Å². The zero-order valence-corrected chi connectivity index (χ0v) is 13.9. The fourth-order valence-electron chi connectivity index (χ4n) is 5.33. The van der Waals surface area contributed by atoms with Gasteiger partial charge in [-0.25, -0.2) is 0 Å². The van der Waals surface area contributed by atoms with Crippen LogP contribution in [0.3, 0.4) is 0 Å². The number of anilines is 1. The van der Waals surface area contributed by atoms with Gasteiger partial charge in [0.2, 0.25) is 5.91 Å². The highest BCUT2D eigenvalue weighted by molar-refractivity contribution is 9.08. The summed E-state index contributed by atoms with van der Waals surface area (Å²) < 4.78 is 0. The molecule has 4 aliphatic carbocycles. The Morgan fingerprint density at radius 1 is 1.05 bits per heavy atom. The lowest BCUT2D eigenvalue weighted by Crippen LogP contribution is -2.51. The standard InChI is InChI=1S/C18H22BrNO/c19-11-12-1-3-16(4-2-12)20-17(21)18-8-13-5-14(9-18)7-15(6-13)10-18/h1-4,13-15H,5-11H2,(H,20,21). The van der Waals surface area contributed by atoms with Gasteiger partial charge < -0.3 is 5.32 Å². The summed E-state index contributed by atoms with van der Waals surface area (Å²) in [6.07, 6.45) is 7.53. The number of hydrogen-bond acceptors (Lipinski definition) is 1. The van der Waals surface area contributed by atoms with Crippen molar-refractivity contribution in [3.8, 4) is 0 Å². The van der Waals surface area contributed by atoms with Crippen molar-refractivity contribution >= 4 is 27.5 Å². The van der Waals surface area contributed by atoms with Crippen LogP contribution in [-0.2, 0) is 10.1 Å². The average Bonchev–Trinajstić information content (AvgIpc) is 2.46. The molecule has 0 radical (unpaired) electrons. The van der Waals surface area contributed by atoms with Crippen molar-refractivity contribution in [2.75, 3.05) is 5.32 Å². The third kappa shape index (κ3) is 2.44. The summed E-state index contributed by atoms with van der Waals surface area (Å²) in [5, 5.41) is 4.05. The Kier molecular flexibility index (Phi) is 3.36. The van der Waals surface area contributed by atoms with Crippen molar-refractivity contribution in [1.29, 1.82) is 0 Å². The Hall–Kier alpha value is -0.830. The van der Waals surface area contributed by atoms with E-state index in [9.17, 15) is 4.79 Å². The maximum absolute atomic E-state index is 12.9.